The van der Waals surface area contributed by atoms with Gasteiger partial charge in [0.15, 0.2) is 12.4 Å². The molecule has 0 atom stereocenters. The summed E-state index contributed by atoms with van der Waals surface area (Å²) in [6.45, 7) is -0.00622. The lowest BCUT2D eigenvalue weighted by molar-refractivity contribution is -0.121. The van der Waals surface area contributed by atoms with E-state index in [1.807, 2.05) is 0 Å². The van der Waals surface area contributed by atoms with E-state index >= 15 is 0 Å². The standard InChI is InChI=1S/C9H7BrFNO2/c1-12-7-3-5(11)2-6(10)9(7)14-4-8(12)13/h2-3H,4H2,1H3. The molecule has 1 aliphatic heterocycles. The smallest absolute Gasteiger partial charge is 0.264 e. The first kappa shape index (κ1) is 9.45. The first-order chi connectivity index (χ1) is 6.59. The predicted octanol–water partition coefficient (Wildman–Crippen LogP) is 1.94. The van der Waals surface area contributed by atoms with Crippen molar-refractivity contribution in [3.8, 4) is 5.75 Å². The number of benzene rings is 1. The van der Waals surface area contributed by atoms with E-state index in [1.54, 1.807) is 7.05 Å². The van der Waals surface area contributed by atoms with Crippen LogP contribution in [0.15, 0.2) is 16.6 Å². The van der Waals surface area contributed by atoms with Crippen molar-refractivity contribution in [2.75, 3.05) is 18.6 Å². The van der Waals surface area contributed by atoms with Crippen molar-refractivity contribution in [2.24, 2.45) is 0 Å². The average molecular weight is 260 g/mol. The number of nitrogens with zero attached hydrogens (tertiary/aromatic N) is 1. The summed E-state index contributed by atoms with van der Waals surface area (Å²) >= 11 is 3.18. The van der Waals surface area contributed by atoms with E-state index in [1.165, 1.54) is 17.0 Å². The second-order valence-electron chi connectivity index (χ2n) is 2.98. The van der Waals surface area contributed by atoms with Crippen molar-refractivity contribution in [3.63, 3.8) is 0 Å². The number of fused-ring (bicyclic) bond motifs is 1. The number of rotatable bonds is 0. The van der Waals surface area contributed by atoms with Crippen LogP contribution in [0.2, 0.25) is 0 Å². The Morgan fingerprint density at radius 3 is 3.00 bits per heavy atom. The molecule has 0 saturated heterocycles. The zero-order valence-electron chi connectivity index (χ0n) is 7.38. The third-order valence-corrected chi connectivity index (χ3v) is 2.65. The van der Waals surface area contributed by atoms with Crippen LogP contribution < -0.4 is 9.64 Å². The Bertz CT molecular complexity index is 408. The number of hydrogen-bond acceptors (Lipinski definition) is 2. The Morgan fingerprint density at radius 2 is 2.29 bits per heavy atom. The fourth-order valence-corrected chi connectivity index (χ4v) is 1.84. The number of carbonyl (C=O) groups is 1. The highest BCUT2D eigenvalue weighted by Crippen LogP contribution is 2.38. The van der Waals surface area contributed by atoms with E-state index in [9.17, 15) is 9.18 Å². The molecule has 0 bridgehead atoms. The van der Waals surface area contributed by atoms with Gasteiger partial charge in [-0.2, -0.15) is 0 Å². The Balaban J connectivity index is 2.59. The van der Waals surface area contributed by atoms with E-state index in [2.05, 4.69) is 15.9 Å². The van der Waals surface area contributed by atoms with Crippen LogP contribution >= 0.6 is 15.9 Å². The molecule has 0 spiro atoms. The fraction of sp³-hybridized carbons (Fsp3) is 0.222. The van der Waals surface area contributed by atoms with Gasteiger partial charge >= 0.3 is 0 Å². The van der Waals surface area contributed by atoms with Gasteiger partial charge in [-0.3, -0.25) is 4.79 Å². The van der Waals surface area contributed by atoms with Crippen LogP contribution in [0, 0.1) is 5.82 Å². The maximum Gasteiger partial charge on any atom is 0.264 e. The molecule has 1 heterocycles. The highest BCUT2D eigenvalue weighted by Gasteiger charge is 2.24. The van der Waals surface area contributed by atoms with Gasteiger partial charge in [0.05, 0.1) is 10.2 Å². The molecule has 1 amide bonds. The maximum atomic E-state index is 13.0. The van der Waals surface area contributed by atoms with Crippen LogP contribution in [0.3, 0.4) is 0 Å². The molecule has 1 aliphatic rings. The Labute approximate surface area is 88.6 Å². The molecule has 3 nitrogen and oxygen atoms in total. The van der Waals surface area contributed by atoms with Gasteiger partial charge in [-0.1, -0.05) is 0 Å². The minimum Gasteiger partial charge on any atom is -0.480 e. The third-order valence-electron chi connectivity index (χ3n) is 2.06. The molecule has 74 valence electrons. The summed E-state index contributed by atoms with van der Waals surface area (Å²) in [6.07, 6.45) is 0. The summed E-state index contributed by atoms with van der Waals surface area (Å²) in [5.74, 6) is -0.0794. The van der Waals surface area contributed by atoms with Gasteiger partial charge in [-0.25, -0.2) is 4.39 Å². The summed E-state index contributed by atoms with van der Waals surface area (Å²) in [7, 11) is 1.59. The van der Waals surface area contributed by atoms with Gasteiger partial charge < -0.3 is 9.64 Å². The maximum absolute atomic E-state index is 13.0. The van der Waals surface area contributed by atoms with Gasteiger partial charge in [0.25, 0.3) is 5.91 Å². The second kappa shape index (κ2) is 3.24. The monoisotopic (exact) mass is 259 g/mol. The van der Waals surface area contributed by atoms with Crippen LogP contribution in [0.1, 0.15) is 0 Å². The van der Waals surface area contributed by atoms with Crippen LogP contribution in [-0.4, -0.2) is 19.6 Å². The van der Waals surface area contributed by atoms with Crippen molar-refractivity contribution in [2.45, 2.75) is 0 Å². The average Bonchev–Trinajstić information content (AvgIpc) is 2.12. The number of ether oxygens (including phenoxy) is 1. The molecule has 2 rings (SSSR count). The zero-order chi connectivity index (χ0) is 10.3. The van der Waals surface area contributed by atoms with Crippen LogP contribution in [0.5, 0.6) is 5.75 Å². The Kier molecular flexibility index (Phi) is 2.19. The molecule has 0 aromatic heterocycles. The Morgan fingerprint density at radius 1 is 1.57 bits per heavy atom. The fourth-order valence-electron chi connectivity index (χ4n) is 1.30. The van der Waals surface area contributed by atoms with Gasteiger partial charge in [0.2, 0.25) is 0 Å². The molecule has 0 fully saturated rings. The minimum atomic E-state index is -0.402. The molecule has 1 aromatic rings. The Hall–Kier alpha value is -1.10. The topological polar surface area (TPSA) is 29.5 Å². The molecule has 1 aromatic carbocycles. The summed E-state index contributed by atoms with van der Waals surface area (Å²) in [6, 6.07) is 2.58. The van der Waals surface area contributed by atoms with E-state index < -0.39 is 5.82 Å². The van der Waals surface area contributed by atoms with Crippen molar-refractivity contribution >= 4 is 27.5 Å². The quantitative estimate of drug-likeness (QED) is 0.713. The van der Waals surface area contributed by atoms with Gasteiger partial charge in [-0.05, 0) is 22.0 Å². The molecule has 5 heteroatoms. The molecule has 0 radical (unpaired) electrons. The molecular weight excluding hydrogens is 253 g/mol. The first-order valence-electron chi connectivity index (χ1n) is 3.98. The first-order valence-corrected chi connectivity index (χ1v) is 4.77. The van der Waals surface area contributed by atoms with Crippen LogP contribution in [0.4, 0.5) is 10.1 Å². The van der Waals surface area contributed by atoms with E-state index in [4.69, 9.17) is 4.74 Å². The lowest BCUT2D eigenvalue weighted by Gasteiger charge is -2.26. The molecule has 0 unspecified atom stereocenters. The lowest BCUT2D eigenvalue weighted by atomic mass is 10.2. The number of likely N-dealkylation sites (N-methyl/N-ethyl adjacent to an activating group) is 1. The number of anilines is 1. The second-order valence-corrected chi connectivity index (χ2v) is 3.83. The van der Waals surface area contributed by atoms with Crippen molar-refractivity contribution in [1.82, 2.24) is 0 Å². The molecule has 0 aliphatic carbocycles. The number of halogens is 2. The number of hydrogen-bond donors (Lipinski definition) is 0. The molecule has 0 saturated carbocycles. The van der Waals surface area contributed by atoms with Crippen molar-refractivity contribution in [1.29, 1.82) is 0 Å². The van der Waals surface area contributed by atoms with E-state index in [-0.39, 0.29) is 12.5 Å². The van der Waals surface area contributed by atoms with E-state index in [0.717, 1.165) is 0 Å². The van der Waals surface area contributed by atoms with Gasteiger partial charge in [0, 0.05) is 13.1 Å². The minimum absolute atomic E-state index is 0.00622. The molecule has 14 heavy (non-hydrogen) atoms. The van der Waals surface area contributed by atoms with E-state index in [0.29, 0.717) is 15.9 Å². The zero-order valence-corrected chi connectivity index (χ0v) is 8.97. The highest BCUT2D eigenvalue weighted by atomic mass is 79.9. The summed E-state index contributed by atoms with van der Waals surface area (Å²) in [5.41, 5.74) is 0.452. The summed E-state index contributed by atoms with van der Waals surface area (Å²) < 4.78 is 18.7. The molecule has 0 N–H and O–H groups in total. The number of carbonyl (C=O) groups excluding carboxylic acids is 1. The summed E-state index contributed by atoms with van der Waals surface area (Å²) in [4.78, 5) is 12.6. The highest BCUT2D eigenvalue weighted by molar-refractivity contribution is 9.10. The predicted molar refractivity (Wildman–Crippen MR) is 53.0 cm³/mol. The lowest BCUT2D eigenvalue weighted by Crippen LogP contribution is -2.35. The summed E-state index contributed by atoms with van der Waals surface area (Å²) in [5, 5.41) is 0. The van der Waals surface area contributed by atoms with Gasteiger partial charge in [-0.15, -0.1) is 0 Å². The normalized spacial score (nSPS) is 15.1. The van der Waals surface area contributed by atoms with Crippen molar-refractivity contribution in [3.05, 3.63) is 22.4 Å². The molecular formula is C9H7BrFNO2. The SMILES string of the molecule is CN1C(=O)COc2c(Br)cc(F)cc21. The third kappa shape index (κ3) is 1.37. The van der Waals surface area contributed by atoms with Crippen LogP contribution in [-0.2, 0) is 4.79 Å². The van der Waals surface area contributed by atoms with Gasteiger partial charge in [0.1, 0.15) is 5.82 Å². The number of amides is 1. The van der Waals surface area contributed by atoms with Crippen LogP contribution in [0.25, 0.3) is 0 Å². The largest absolute Gasteiger partial charge is 0.480 e. The van der Waals surface area contributed by atoms with Crippen molar-refractivity contribution < 1.29 is 13.9 Å².